The Morgan fingerprint density at radius 3 is 2.49 bits per heavy atom. The molecule has 8 heteroatoms. The quantitative estimate of drug-likeness (QED) is 0.286. The van der Waals surface area contributed by atoms with E-state index in [4.69, 9.17) is 14.3 Å². The van der Waals surface area contributed by atoms with Gasteiger partial charge < -0.3 is 19.6 Å². The number of carbonyl (C=O) groups is 2. The van der Waals surface area contributed by atoms with Crippen LogP contribution in [0, 0.1) is 12.7 Å². The standard InChI is InChI=1S/C29H27FN2O5/c1-19-26(32-29(37-19)22-5-3-2-4-6-22)15-16-36-25-13-9-20(10-14-27(33)34)23(17-25)18-31-28(35)21-7-11-24(30)12-8-21/h2-9,11-13,17H,10,14-16,18H2,1H3,(H,31,35)(H,33,34). The molecule has 0 saturated heterocycles. The van der Waals surface area contributed by atoms with E-state index in [1.165, 1.54) is 24.3 Å². The number of nitrogens with zero attached hydrogens (tertiary/aromatic N) is 1. The molecule has 190 valence electrons. The Labute approximate surface area is 213 Å². The molecule has 7 nitrogen and oxygen atoms in total. The van der Waals surface area contributed by atoms with Crippen molar-refractivity contribution in [3.05, 3.63) is 107 Å². The minimum atomic E-state index is -0.903. The van der Waals surface area contributed by atoms with Crippen LogP contribution in [0.3, 0.4) is 0 Å². The summed E-state index contributed by atoms with van der Waals surface area (Å²) in [6, 6.07) is 20.3. The molecule has 0 aliphatic heterocycles. The van der Waals surface area contributed by atoms with Crippen LogP contribution in [0.4, 0.5) is 4.39 Å². The molecule has 4 rings (SSSR count). The number of oxazole rings is 1. The highest BCUT2D eigenvalue weighted by Crippen LogP contribution is 2.23. The summed E-state index contributed by atoms with van der Waals surface area (Å²) >= 11 is 0. The number of rotatable bonds is 11. The highest BCUT2D eigenvalue weighted by Gasteiger charge is 2.13. The van der Waals surface area contributed by atoms with Gasteiger partial charge in [-0.05, 0) is 73.0 Å². The summed E-state index contributed by atoms with van der Waals surface area (Å²) < 4.78 is 24.9. The second-order valence-corrected chi connectivity index (χ2v) is 8.50. The zero-order chi connectivity index (χ0) is 26.2. The fourth-order valence-corrected chi connectivity index (χ4v) is 3.85. The Hall–Kier alpha value is -4.46. The third-order valence-electron chi connectivity index (χ3n) is 5.85. The number of ether oxygens (including phenoxy) is 1. The van der Waals surface area contributed by atoms with Crippen molar-refractivity contribution in [2.24, 2.45) is 0 Å². The van der Waals surface area contributed by atoms with Crippen LogP contribution in [0.2, 0.25) is 0 Å². The van der Waals surface area contributed by atoms with Crippen molar-refractivity contribution in [3.8, 4) is 17.2 Å². The van der Waals surface area contributed by atoms with E-state index in [0.29, 0.717) is 36.7 Å². The summed E-state index contributed by atoms with van der Waals surface area (Å²) in [6.07, 6.45) is 0.825. The average molecular weight is 503 g/mol. The van der Waals surface area contributed by atoms with Gasteiger partial charge in [-0.25, -0.2) is 9.37 Å². The highest BCUT2D eigenvalue weighted by atomic mass is 19.1. The molecule has 1 amide bonds. The monoisotopic (exact) mass is 502 g/mol. The van der Waals surface area contributed by atoms with Crippen LogP contribution < -0.4 is 10.1 Å². The van der Waals surface area contributed by atoms with Crippen LogP contribution in [0.25, 0.3) is 11.5 Å². The van der Waals surface area contributed by atoms with E-state index in [-0.39, 0.29) is 18.9 Å². The normalized spacial score (nSPS) is 10.8. The molecular weight excluding hydrogens is 475 g/mol. The molecule has 4 aromatic rings. The maximum Gasteiger partial charge on any atom is 0.303 e. The molecule has 0 unspecified atom stereocenters. The number of benzene rings is 3. The number of carboxylic acid groups (broad SMARTS) is 1. The molecule has 0 atom stereocenters. The Morgan fingerprint density at radius 1 is 1.00 bits per heavy atom. The average Bonchev–Trinajstić information content (AvgIpc) is 3.27. The maximum absolute atomic E-state index is 13.2. The maximum atomic E-state index is 13.2. The number of aryl methyl sites for hydroxylation is 2. The minimum absolute atomic E-state index is 0.0334. The van der Waals surface area contributed by atoms with Crippen LogP contribution in [0.1, 0.15) is 39.4 Å². The molecule has 0 fully saturated rings. The summed E-state index contributed by atoms with van der Waals surface area (Å²) in [6.45, 7) is 2.40. The summed E-state index contributed by atoms with van der Waals surface area (Å²) in [5.74, 6) is 0.209. The van der Waals surface area contributed by atoms with Gasteiger partial charge in [-0.2, -0.15) is 0 Å². The van der Waals surface area contributed by atoms with Gasteiger partial charge in [-0.3, -0.25) is 9.59 Å². The molecule has 2 N–H and O–H groups in total. The number of aliphatic carboxylic acids is 1. The van der Waals surface area contributed by atoms with E-state index in [0.717, 1.165) is 28.1 Å². The number of carbonyl (C=O) groups excluding carboxylic acids is 1. The summed E-state index contributed by atoms with van der Waals surface area (Å²) in [7, 11) is 0. The third kappa shape index (κ3) is 7.04. The van der Waals surface area contributed by atoms with Crippen LogP contribution >= 0.6 is 0 Å². The number of carboxylic acids is 1. The van der Waals surface area contributed by atoms with Crippen molar-refractivity contribution in [2.75, 3.05) is 6.61 Å². The van der Waals surface area contributed by atoms with E-state index < -0.39 is 11.8 Å². The van der Waals surface area contributed by atoms with Crippen LogP contribution in [-0.4, -0.2) is 28.6 Å². The van der Waals surface area contributed by atoms with Gasteiger partial charge in [0, 0.05) is 30.5 Å². The lowest BCUT2D eigenvalue weighted by Gasteiger charge is -2.13. The van der Waals surface area contributed by atoms with Crippen molar-refractivity contribution in [1.29, 1.82) is 0 Å². The zero-order valence-corrected chi connectivity index (χ0v) is 20.4. The minimum Gasteiger partial charge on any atom is -0.493 e. The van der Waals surface area contributed by atoms with Crippen molar-refractivity contribution in [1.82, 2.24) is 10.3 Å². The zero-order valence-electron chi connectivity index (χ0n) is 20.4. The lowest BCUT2D eigenvalue weighted by Crippen LogP contribution is -2.23. The van der Waals surface area contributed by atoms with Crippen LogP contribution in [-0.2, 0) is 24.2 Å². The smallest absolute Gasteiger partial charge is 0.303 e. The Morgan fingerprint density at radius 2 is 1.76 bits per heavy atom. The first-order valence-electron chi connectivity index (χ1n) is 11.9. The van der Waals surface area contributed by atoms with E-state index in [9.17, 15) is 14.0 Å². The van der Waals surface area contributed by atoms with Crippen molar-refractivity contribution in [2.45, 2.75) is 32.7 Å². The van der Waals surface area contributed by atoms with E-state index in [1.807, 2.05) is 43.3 Å². The third-order valence-corrected chi connectivity index (χ3v) is 5.85. The molecular formula is C29H27FN2O5. The largest absolute Gasteiger partial charge is 0.493 e. The Kier molecular flexibility index (Phi) is 8.30. The predicted octanol–water partition coefficient (Wildman–Crippen LogP) is 5.36. The number of nitrogens with one attached hydrogen (secondary N) is 1. The number of aromatic nitrogens is 1. The first-order chi connectivity index (χ1) is 17.9. The molecule has 0 aliphatic rings. The summed E-state index contributed by atoms with van der Waals surface area (Å²) in [4.78, 5) is 28.2. The van der Waals surface area contributed by atoms with Gasteiger partial charge in [-0.15, -0.1) is 0 Å². The summed E-state index contributed by atoms with van der Waals surface area (Å²) in [5.41, 5.74) is 3.59. The molecule has 1 aromatic heterocycles. The highest BCUT2D eigenvalue weighted by molar-refractivity contribution is 5.94. The second kappa shape index (κ2) is 12.0. The van der Waals surface area contributed by atoms with Crippen molar-refractivity contribution >= 4 is 11.9 Å². The first kappa shape index (κ1) is 25.6. The lowest BCUT2D eigenvalue weighted by atomic mass is 10.0. The topological polar surface area (TPSA) is 102 Å². The molecule has 0 saturated carbocycles. The van der Waals surface area contributed by atoms with E-state index in [2.05, 4.69) is 10.3 Å². The van der Waals surface area contributed by atoms with E-state index in [1.54, 1.807) is 12.1 Å². The van der Waals surface area contributed by atoms with Gasteiger partial charge >= 0.3 is 5.97 Å². The molecule has 0 spiro atoms. The van der Waals surface area contributed by atoms with Gasteiger partial charge in [0.2, 0.25) is 5.89 Å². The Bertz CT molecular complexity index is 1370. The van der Waals surface area contributed by atoms with Crippen molar-refractivity contribution < 1.29 is 28.2 Å². The number of amides is 1. The predicted molar refractivity (Wildman–Crippen MR) is 136 cm³/mol. The lowest BCUT2D eigenvalue weighted by molar-refractivity contribution is -0.136. The van der Waals surface area contributed by atoms with Gasteiger partial charge in [0.25, 0.3) is 5.91 Å². The molecule has 3 aromatic carbocycles. The fourth-order valence-electron chi connectivity index (χ4n) is 3.85. The molecule has 1 heterocycles. The van der Waals surface area contributed by atoms with Crippen LogP contribution in [0.15, 0.2) is 77.2 Å². The molecule has 0 bridgehead atoms. The SMILES string of the molecule is Cc1oc(-c2ccccc2)nc1CCOc1ccc(CCC(=O)O)c(CNC(=O)c2ccc(F)cc2)c1. The van der Waals surface area contributed by atoms with Crippen LogP contribution in [0.5, 0.6) is 5.75 Å². The van der Waals surface area contributed by atoms with Gasteiger partial charge in [0.1, 0.15) is 17.3 Å². The van der Waals surface area contributed by atoms with Gasteiger partial charge in [0.05, 0.1) is 12.3 Å². The molecule has 0 aliphatic carbocycles. The first-order valence-corrected chi connectivity index (χ1v) is 11.9. The summed E-state index contributed by atoms with van der Waals surface area (Å²) in [5, 5.41) is 11.9. The molecule has 37 heavy (non-hydrogen) atoms. The Balaban J connectivity index is 1.41. The second-order valence-electron chi connectivity index (χ2n) is 8.50. The fraction of sp³-hybridized carbons (Fsp3) is 0.207. The number of hydrogen-bond donors (Lipinski definition) is 2. The van der Waals surface area contributed by atoms with Gasteiger partial charge in [-0.1, -0.05) is 24.3 Å². The van der Waals surface area contributed by atoms with Gasteiger partial charge in [0.15, 0.2) is 0 Å². The molecule has 0 radical (unpaired) electrons. The van der Waals surface area contributed by atoms with Crippen molar-refractivity contribution in [3.63, 3.8) is 0 Å². The van der Waals surface area contributed by atoms with E-state index >= 15 is 0 Å². The number of halogens is 1. The number of hydrogen-bond acceptors (Lipinski definition) is 5.